The molecule has 0 bridgehead atoms. The highest BCUT2D eigenvalue weighted by atomic mass is 79.9. The molecule has 0 amide bonds. The van der Waals surface area contributed by atoms with Crippen molar-refractivity contribution in [2.45, 2.75) is 6.54 Å². The van der Waals surface area contributed by atoms with Gasteiger partial charge in [-0.25, -0.2) is 0 Å². The van der Waals surface area contributed by atoms with Crippen LogP contribution < -0.4 is 5.32 Å². The summed E-state index contributed by atoms with van der Waals surface area (Å²) in [5.41, 5.74) is 2.33. The van der Waals surface area contributed by atoms with Gasteiger partial charge in [0.1, 0.15) is 0 Å². The summed E-state index contributed by atoms with van der Waals surface area (Å²) >= 11 is 11.4. The van der Waals surface area contributed by atoms with E-state index < -0.39 is 0 Å². The quantitative estimate of drug-likeness (QED) is 0.876. The smallest absolute Gasteiger partial charge is 0.0484 e. The summed E-state index contributed by atoms with van der Waals surface area (Å²) in [5.74, 6) is 0. The van der Waals surface area contributed by atoms with Gasteiger partial charge in [-0.05, 0) is 57.7 Å². The Morgan fingerprint density at radius 1 is 1.38 bits per heavy atom. The van der Waals surface area contributed by atoms with Crippen molar-refractivity contribution in [1.82, 2.24) is 5.32 Å². The van der Waals surface area contributed by atoms with Crippen LogP contribution in [0.2, 0.25) is 5.02 Å². The topological polar surface area (TPSA) is 12.0 Å². The third-order valence-electron chi connectivity index (χ3n) is 2.29. The molecule has 16 heavy (non-hydrogen) atoms. The third kappa shape index (κ3) is 2.48. The minimum atomic E-state index is 0.787. The molecule has 1 N–H and O–H groups in total. The average Bonchev–Trinajstić information content (AvgIpc) is 2.68. The molecular weight excluding hydrogens is 306 g/mol. The van der Waals surface area contributed by atoms with E-state index in [4.69, 9.17) is 11.6 Å². The van der Waals surface area contributed by atoms with Gasteiger partial charge in [-0.15, -0.1) is 11.3 Å². The maximum absolute atomic E-state index is 6.13. The highest BCUT2D eigenvalue weighted by Crippen LogP contribution is 2.35. The molecule has 1 heterocycles. The second kappa shape index (κ2) is 5.32. The summed E-state index contributed by atoms with van der Waals surface area (Å²) in [7, 11) is 1.92. The lowest BCUT2D eigenvalue weighted by Crippen LogP contribution is -2.05. The molecule has 0 radical (unpaired) electrons. The monoisotopic (exact) mass is 315 g/mol. The van der Waals surface area contributed by atoms with Crippen LogP contribution in [0.25, 0.3) is 10.4 Å². The molecule has 0 spiro atoms. The number of nitrogens with one attached hydrogen (secondary N) is 1. The molecule has 0 atom stereocenters. The Hall–Kier alpha value is -0.350. The molecule has 0 aliphatic heterocycles. The molecule has 1 aromatic carbocycles. The second-order valence-corrected chi connectivity index (χ2v) is 5.61. The van der Waals surface area contributed by atoms with Crippen LogP contribution in [0.5, 0.6) is 0 Å². The van der Waals surface area contributed by atoms with Gasteiger partial charge in [0, 0.05) is 20.9 Å². The Balaban J connectivity index is 2.43. The van der Waals surface area contributed by atoms with E-state index in [1.54, 1.807) is 11.3 Å². The largest absolute Gasteiger partial charge is 0.316 e. The summed E-state index contributed by atoms with van der Waals surface area (Å²) in [6.07, 6.45) is 0. The molecule has 1 nitrogen and oxygen atoms in total. The maximum atomic E-state index is 6.13. The van der Waals surface area contributed by atoms with Crippen molar-refractivity contribution < 1.29 is 0 Å². The molecule has 4 heteroatoms. The van der Waals surface area contributed by atoms with Crippen molar-refractivity contribution in [1.29, 1.82) is 0 Å². The van der Waals surface area contributed by atoms with Crippen molar-refractivity contribution >= 4 is 38.9 Å². The molecule has 2 rings (SSSR count). The molecular formula is C12H11BrClNS. The van der Waals surface area contributed by atoms with Gasteiger partial charge in [-0.2, -0.15) is 0 Å². The van der Waals surface area contributed by atoms with Crippen LogP contribution in [0, 0.1) is 0 Å². The standard InChI is InChI=1S/C12H11BrClNS/c1-15-7-9-6-8(2-3-11(9)14)12-10(13)4-5-16-12/h2-6,15H,7H2,1H3. The van der Waals surface area contributed by atoms with E-state index in [0.29, 0.717) is 0 Å². The molecule has 0 aliphatic carbocycles. The zero-order valence-corrected chi connectivity index (χ0v) is 11.9. The van der Waals surface area contributed by atoms with E-state index in [-0.39, 0.29) is 0 Å². The van der Waals surface area contributed by atoms with Gasteiger partial charge in [0.2, 0.25) is 0 Å². The van der Waals surface area contributed by atoms with Crippen LogP contribution in [0.15, 0.2) is 34.1 Å². The number of halogens is 2. The van der Waals surface area contributed by atoms with E-state index in [0.717, 1.165) is 21.6 Å². The Labute approximate surface area is 113 Å². The summed E-state index contributed by atoms with van der Waals surface area (Å²) < 4.78 is 1.13. The zero-order chi connectivity index (χ0) is 11.5. The predicted molar refractivity (Wildman–Crippen MR) is 75.2 cm³/mol. The van der Waals surface area contributed by atoms with Crippen molar-refractivity contribution in [2.24, 2.45) is 0 Å². The zero-order valence-electron chi connectivity index (χ0n) is 8.76. The first-order valence-electron chi connectivity index (χ1n) is 4.88. The minimum Gasteiger partial charge on any atom is -0.316 e. The Bertz CT molecular complexity index is 496. The first-order chi connectivity index (χ1) is 7.72. The lowest BCUT2D eigenvalue weighted by Gasteiger charge is -2.06. The molecule has 2 aromatic rings. The Kier molecular flexibility index (Phi) is 4.03. The summed E-state index contributed by atoms with van der Waals surface area (Å²) in [4.78, 5) is 1.24. The summed E-state index contributed by atoms with van der Waals surface area (Å²) in [5, 5.41) is 6.01. The Morgan fingerprint density at radius 3 is 2.81 bits per heavy atom. The molecule has 84 valence electrons. The van der Waals surface area contributed by atoms with E-state index >= 15 is 0 Å². The van der Waals surface area contributed by atoms with E-state index in [1.165, 1.54) is 10.4 Å². The SMILES string of the molecule is CNCc1cc(-c2sccc2Br)ccc1Cl. The molecule has 0 unspecified atom stereocenters. The van der Waals surface area contributed by atoms with Gasteiger partial charge >= 0.3 is 0 Å². The molecule has 0 saturated carbocycles. The maximum Gasteiger partial charge on any atom is 0.0484 e. The molecule has 1 aromatic heterocycles. The first-order valence-corrected chi connectivity index (χ1v) is 6.94. The first kappa shape index (κ1) is 12.1. The van der Waals surface area contributed by atoms with Crippen LogP contribution in [-0.4, -0.2) is 7.05 Å². The highest BCUT2D eigenvalue weighted by molar-refractivity contribution is 9.10. The fourth-order valence-electron chi connectivity index (χ4n) is 1.54. The normalized spacial score (nSPS) is 10.7. The van der Waals surface area contributed by atoms with Crippen molar-refractivity contribution in [3.63, 3.8) is 0 Å². The van der Waals surface area contributed by atoms with E-state index in [1.807, 2.05) is 13.1 Å². The van der Waals surface area contributed by atoms with Crippen molar-refractivity contribution in [3.8, 4) is 10.4 Å². The molecule has 0 aliphatic rings. The average molecular weight is 317 g/mol. The van der Waals surface area contributed by atoms with Gasteiger partial charge in [0.25, 0.3) is 0 Å². The van der Waals surface area contributed by atoms with Gasteiger partial charge in [0.15, 0.2) is 0 Å². The lowest BCUT2D eigenvalue weighted by molar-refractivity contribution is 0.818. The highest BCUT2D eigenvalue weighted by Gasteiger charge is 2.07. The van der Waals surface area contributed by atoms with Gasteiger partial charge < -0.3 is 5.32 Å². The van der Waals surface area contributed by atoms with Crippen LogP contribution in [0.1, 0.15) is 5.56 Å². The fourth-order valence-corrected chi connectivity index (χ4v) is 3.33. The number of rotatable bonds is 3. The summed E-state index contributed by atoms with van der Waals surface area (Å²) in [6, 6.07) is 8.20. The van der Waals surface area contributed by atoms with E-state index in [2.05, 4.69) is 44.8 Å². The van der Waals surface area contributed by atoms with Crippen molar-refractivity contribution in [3.05, 3.63) is 44.7 Å². The lowest BCUT2D eigenvalue weighted by atomic mass is 10.1. The number of thiophene rings is 1. The van der Waals surface area contributed by atoms with Crippen LogP contribution >= 0.6 is 38.9 Å². The Morgan fingerprint density at radius 2 is 2.19 bits per heavy atom. The minimum absolute atomic E-state index is 0.787. The second-order valence-electron chi connectivity index (χ2n) is 3.43. The van der Waals surface area contributed by atoms with Crippen LogP contribution in [-0.2, 0) is 6.54 Å². The van der Waals surface area contributed by atoms with E-state index in [9.17, 15) is 0 Å². The van der Waals surface area contributed by atoms with Crippen LogP contribution in [0.3, 0.4) is 0 Å². The molecule has 0 saturated heterocycles. The van der Waals surface area contributed by atoms with Crippen molar-refractivity contribution in [2.75, 3.05) is 7.05 Å². The molecule has 0 fully saturated rings. The fraction of sp³-hybridized carbons (Fsp3) is 0.167. The van der Waals surface area contributed by atoms with Gasteiger partial charge in [-0.3, -0.25) is 0 Å². The van der Waals surface area contributed by atoms with Crippen LogP contribution in [0.4, 0.5) is 0 Å². The predicted octanol–water partition coefficient (Wildman–Crippen LogP) is 4.55. The number of benzene rings is 1. The number of hydrogen-bond acceptors (Lipinski definition) is 2. The third-order valence-corrected chi connectivity index (χ3v) is 4.55. The van der Waals surface area contributed by atoms with Gasteiger partial charge in [-0.1, -0.05) is 17.7 Å². The number of hydrogen-bond donors (Lipinski definition) is 1. The summed E-state index contributed by atoms with van der Waals surface area (Å²) in [6.45, 7) is 0.787. The van der Waals surface area contributed by atoms with Gasteiger partial charge in [0.05, 0.1) is 0 Å².